The number of hydrogen-bond donors (Lipinski definition) is 0. The van der Waals surface area contributed by atoms with Gasteiger partial charge in [0.15, 0.2) is 0 Å². The van der Waals surface area contributed by atoms with Gasteiger partial charge in [0.05, 0.1) is 0 Å². The van der Waals surface area contributed by atoms with Gasteiger partial charge in [0.2, 0.25) is 0 Å². The predicted molar refractivity (Wildman–Crippen MR) is 82.0 cm³/mol. The van der Waals surface area contributed by atoms with E-state index in [1.807, 2.05) is 73.7 Å². The van der Waals surface area contributed by atoms with Gasteiger partial charge in [-0.1, -0.05) is 72.3 Å². The Balaban J connectivity index is 2.02. The molecule has 0 spiro atoms. The summed E-state index contributed by atoms with van der Waals surface area (Å²) in [6, 6.07) is 23.2. The van der Waals surface area contributed by atoms with Crippen molar-refractivity contribution in [1.82, 2.24) is 0 Å². The minimum atomic E-state index is -0.185. The molecule has 0 amide bonds. The Hall–Kier alpha value is -2.41. The molecule has 0 aromatic heterocycles. The lowest BCUT2D eigenvalue weighted by molar-refractivity contribution is 0.632. The van der Waals surface area contributed by atoms with Crippen LogP contribution in [0.1, 0.15) is 5.56 Å². The van der Waals surface area contributed by atoms with E-state index >= 15 is 0 Å². The van der Waals surface area contributed by atoms with Crippen molar-refractivity contribution >= 4 is 0 Å². The van der Waals surface area contributed by atoms with Gasteiger partial charge in [-0.25, -0.2) is 4.39 Å². The molecule has 0 aliphatic carbocycles. The van der Waals surface area contributed by atoms with Crippen LogP contribution in [0.4, 0.5) is 4.39 Å². The molecule has 98 valence electrons. The van der Waals surface area contributed by atoms with Gasteiger partial charge in [-0.15, -0.1) is 0 Å². The molecule has 0 bridgehead atoms. The van der Waals surface area contributed by atoms with Crippen LogP contribution in [0.5, 0.6) is 0 Å². The van der Waals surface area contributed by atoms with Crippen molar-refractivity contribution in [3.05, 3.63) is 84.2 Å². The van der Waals surface area contributed by atoms with E-state index in [1.54, 1.807) is 6.07 Å². The summed E-state index contributed by atoms with van der Waals surface area (Å²) in [6.45, 7) is 2.03. The number of rotatable bonds is 2. The number of hydrogen-bond acceptors (Lipinski definition) is 0. The van der Waals surface area contributed by atoms with Crippen LogP contribution in [-0.4, -0.2) is 0 Å². The Morgan fingerprint density at radius 1 is 0.650 bits per heavy atom. The predicted octanol–water partition coefficient (Wildman–Crippen LogP) is 5.47. The van der Waals surface area contributed by atoms with E-state index in [4.69, 9.17) is 0 Å². The van der Waals surface area contributed by atoms with Gasteiger partial charge in [0.1, 0.15) is 5.82 Å². The number of benzene rings is 3. The smallest absolute Gasteiger partial charge is 0.131 e. The molecule has 0 saturated heterocycles. The van der Waals surface area contributed by atoms with Crippen LogP contribution in [-0.2, 0) is 0 Å². The third-order valence-corrected chi connectivity index (χ3v) is 3.44. The Labute approximate surface area is 118 Å². The molecular weight excluding hydrogens is 247 g/mol. The average Bonchev–Trinajstić information content (AvgIpc) is 2.49. The van der Waals surface area contributed by atoms with Gasteiger partial charge in [0.25, 0.3) is 0 Å². The summed E-state index contributed by atoms with van der Waals surface area (Å²) < 4.78 is 14.3. The molecule has 0 aliphatic rings. The molecule has 3 aromatic carbocycles. The van der Waals surface area contributed by atoms with E-state index in [0.29, 0.717) is 5.56 Å². The summed E-state index contributed by atoms with van der Waals surface area (Å²) in [7, 11) is 0. The Morgan fingerprint density at radius 3 is 1.95 bits per heavy atom. The number of halogens is 1. The monoisotopic (exact) mass is 262 g/mol. The zero-order valence-corrected chi connectivity index (χ0v) is 11.3. The molecule has 1 heteroatoms. The first kappa shape index (κ1) is 12.6. The maximum Gasteiger partial charge on any atom is 0.131 e. The van der Waals surface area contributed by atoms with Gasteiger partial charge in [-0.05, 0) is 29.7 Å². The molecule has 0 N–H and O–H groups in total. The quantitative estimate of drug-likeness (QED) is 0.574. The fraction of sp³-hybridized carbons (Fsp3) is 0.0526. The fourth-order valence-corrected chi connectivity index (χ4v) is 2.29. The maximum atomic E-state index is 14.3. The highest BCUT2D eigenvalue weighted by molar-refractivity contribution is 5.71. The normalized spacial score (nSPS) is 10.5. The van der Waals surface area contributed by atoms with E-state index in [2.05, 4.69) is 0 Å². The summed E-state index contributed by atoms with van der Waals surface area (Å²) >= 11 is 0. The van der Waals surface area contributed by atoms with Gasteiger partial charge in [0, 0.05) is 5.56 Å². The minimum absolute atomic E-state index is 0.185. The summed E-state index contributed by atoms with van der Waals surface area (Å²) in [5, 5.41) is 0. The summed E-state index contributed by atoms with van der Waals surface area (Å²) in [5.41, 5.74) is 4.66. The second-order valence-corrected chi connectivity index (χ2v) is 4.93. The highest BCUT2D eigenvalue weighted by Crippen LogP contribution is 2.28. The third-order valence-electron chi connectivity index (χ3n) is 3.44. The lowest BCUT2D eigenvalue weighted by atomic mass is 9.99. The first-order chi connectivity index (χ1) is 9.74. The molecule has 0 saturated carbocycles. The molecule has 0 radical (unpaired) electrons. The Bertz CT molecular complexity index is 713. The van der Waals surface area contributed by atoms with E-state index in [0.717, 1.165) is 16.7 Å². The van der Waals surface area contributed by atoms with Gasteiger partial charge < -0.3 is 0 Å². The highest BCUT2D eigenvalue weighted by Gasteiger charge is 2.07. The van der Waals surface area contributed by atoms with Crippen LogP contribution in [0.25, 0.3) is 22.3 Å². The van der Waals surface area contributed by atoms with Gasteiger partial charge in [-0.2, -0.15) is 0 Å². The largest absolute Gasteiger partial charge is 0.206 e. The molecule has 0 nitrogen and oxygen atoms in total. The molecule has 0 fully saturated rings. The SMILES string of the molecule is Cc1ccc(-c2ccc(-c3ccccc3)cc2F)cc1. The third kappa shape index (κ3) is 2.48. The second kappa shape index (κ2) is 5.30. The zero-order valence-electron chi connectivity index (χ0n) is 11.3. The van der Waals surface area contributed by atoms with Crippen molar-refractivity contribution in [3.63, 3.8) is 0 Å². The van der Waals surface area contributed by atoms with E-state index in [-0.39, 0.29) is 5.82 Å². The van der Waals surface area contributed by atoms with Crippen molar-refractivity contribution in [2.45, 2.75) is 6.92 Å². The maximum absolute atomic E-state index is 14.3. The molecule has 0 atom stereocenters. The first-order valence-corrected chi connectivity index (χ1v) is 6.66. The van der Waals surface area contributed by atoms with E-state index < -0.39 is 0 Å². The van der Waals surface area contributed by atoms with Crippen LogP contribution in [0.15, 0.2) is 72.8 Å². The first-order valence-electron chi connectivity index (χ1n) is 6.66. The van der Waals surface area contributed by atoms with Crippen molar-refractivity contribution in [1.29, 1.82) is 0 Å². The van der Waals surface area contributed by atoms with Crippen LogP contribution in [0, 0.1) is 12.7 Å². The zero-order chi connectivity index (χ0) is 13.9. The van der Waals surface area contributed by atoms with Crippen molar-refractivity contribution < 1.29 is 4.39 Å². The van der Waals surface area contributed by atoms with Crippen LogP contribution in [0.2, 0.25) is 0 Å². The molecule has 3 aromatic rings. The second-order valence-electron chi connectivity index (χ2n) is 4.93. The van der Waals surface area contributed by atoms with Crippen molar-refractivity contribution in [2.75, 3.05) is 0 Å². The van der Waals surface area contributed by atoms with Crippen molar-refractivity contribution in [3.8, 4) is 22.3 Å². The molecular formula is C19H15F. The minimum Gasteiger partial charge on any atom is -0.206 e. The molecule has 0 heterocycles. The van der Waals surface area contributed by atoms with Crippen molar-refractivity contribution in [2.24, 2.45) is 0 Å². The standard InChI is InChI=1S/C19H15F/c1-14-7-9-16(10-8-14)18-12-11-17(13-19(18)20)15-5-3-2-4-6-15/h2-13H,1H3. The van der Waals surface area contributed by atoms with E-state index in [9.17, 15) is 4.39 Å². The highest BCUT2D eigenvalue weighted by atomic mass is 19.1. The lowest BCUT2D eigenvalue weighted by Crippen LogP contribution is -1.86. The lowest BCUT2D eigenvalue weighted by Gasteiger charge is -2.07. The van der Waals surface area contributed by atoms with Gasteiger partial charge >= 0.3 is 0 Å². The fourth-order valence-electron chi connectivity index (χ4n) is 2.29. The average molecular weight is 262 g/mol. The molecule has 3 rings (SSSR count). The van der Waals surface area contributed by atoms with E-state index in [1.165, 1.54) is 5.56 Å². The number of aryl methyl sites for hydroxylation is 1. The molecule has 20 heavy (non-hydrogen) atoms. The van der Waals surface area contributed by atoms with Gasteiger partial charge in [-0.3, -0.25) is 0 Å². The van der Waals surface area contributed by atoms with Crippen LogP contribution in [0.3, 0.4) is 0 Å². The topological polar surface area (TPSA) is 0 Å². The Kier molecular flexibility index (Phi) is 3.34. The Morgan fingerprint density at radius 2 is 1.30 bits per heavy atom. The molecule has 0 aliphatic heterocycles. The summed E-state index contributed by atoms with van der Waals surface area (Å²) in [5.74, 6) is -0.185. The molecule has 0 unspecified atom stereocenters. The summed E-state index contributed by atoms with van der Waals surface area (Å²) in [4.78, 5) is 0. The van der Waals surface area contributed by atoms with Crippen LogP contribution < -0.4 is 0 Å². The summed E-state index contributed by atoms with van der Waals surface area (Å²) in [6.07, 6.45) is 0. The van der Waals surface area contributed by atoms with Crippen LogP contribution >= 0.6 is 0 Å².